The SMILES string of the molecule is CCNC(=O)C(CC(=O)O)NC(=O)C1CCCN1C(=O)C(CCCCNC(C)=O)NC(=O)C1CCCN1C(=O)CCSn1cc([C@H]2CC(O)[C@@H](COP(=O)(O)OP(=O)(O)OP(=O)(O)O)O2)c2nc(N)[nH]c(=O)c21. The van der Waals surface area contributed by atoms with Gasteiger partial charge in [-0.1, -0.05) is 0 Å². The molecule has 6 amide bonds. The van der Waals surface area contributed by atoms with Gasteiger partial charge in [-0.3, -0.25) is 51.8 Å². The van der Waals surface area contributed by atoms with E-state index in [9.17, 15) is 72.1 Å². The highest BCUT2D eigenvalue weighted by atomic mass is 32.2. The van der Waals surface area contributed by atoms with Crippen LogP contribution in [0.4, 0.5) is 5.95 Å². The number of fused-ring (bicyclic) bond motifs is 1. The summed E-state index contributed by atoms with van der Waals surface area (Å²) in [6.45, 7) is 2.79. The van der Waals surface area contributed by atoms with Crippen molar-refractivity contribution in [2.24, 2.45) is 0 Å². The van der Waals surface area contributed by atoms with Crippen molar-refractivity contribution in [1.82, 2.24) is 45.0 Å². The number of H-pyrrole nitrogens is 1. The number of aromatic nitrogens is 3. The number of hydrogen-bond donors (Lipinski definition) is 12. The Morgan fingerprint density at radius 1 is 0.945 bits per heavy atom. The van der Waals surface area contributed by atoms with E-state index in [4.69, 9.17) is 20.3 Å². The van der Waals surface area contributed by atoms with Crippen LogP contribution in [-0.2, 0) is 65.1 Å². The predicted molar refractivity (Wildman–Crippen MR) is 252 cm³/mol. The second-order valence-corrected chi connectivity index (χ2v) is 22.5. The Labute approximate surface area is 419 Å². The number of phosphoric ester groups is 1. The number of nitrogens with one attached hydrogen (secondary N) is 5. The van der Waals surface area contributed by atoms with Gasteiger partial charge in [0, 0.05) is 63.5 Å². The van der Waals surface area contributed by atoms with Gasteiger partial charge in [-0.05, 0) is 63.8 Å². The van der Waals surface area contributed by atoms with Crippen molar-refractivity contribution < 1.29 is 94.9 Å². The standard InChI is InChI=1S/C38H59N10O21P3S/c1-3-40-33(54)23(16-30(52)53)43-35(56)25-10-7-14-47(25)37(58)22(8-4-5-12-41-20(2)49)42-34(55)24-9-6-13-46(24)29(51)11-15-73-48-18-21(31-32(48)36(57)45-38(39)44-31)27-17-26(50)28(67-27)19-66-71(62,63)69-72(64,65)68-70(59,60)61/h18,22-28,50H,3-17,19H2,1-2H3,(H,40,54)(H,41,49)(H,42,55)(H,43,56)(H,52,53)(H,62,63)(H,64,65)(H2,59,60,61)(H3,39,44,45,57)/t22?,23?,24?,25?,26?,27-,28-/m1/s1. The summed E-state index contributed by atoms with van der Waals surface area (Å²) in [6.07, 6.45) is -1.43. The van der Waals surface area contributed by atoms with Crippen LogP contribution in [0.25, 0.3) is 11.0 Å². The minimum atomic E-state index is -5.83. The summed E-state index contributed by atoms with van der Waals surface area (Å²) < 4.78 is 54.2. The van der Waals surface area contributed by atoms with Gasteiger partial charge in [-0.25, -0.2) is 18.7 Å². The summed E-state index contributed by atoms with van der Waals surface area (Å²) in [5.41, 5.74) is 5.32. The molecule has 408 valence electrons. The molecule has 31 nitrogen and oxygen atoms in total. The topological polar surface area (TPSA) is 460 Å². The molecule has 0 radical (unpaired) electrons. The van der Waals surface area contributed by atoms with Crippen molar-refractivity contribution >= 4 is 93.8 Å². The molecule has 3 fully saturated rings. The molecule has 7 unspecified atom stereocenters. The maximum Gasteiger partial charge on any atom is 0.490 e. The Morgan fingerprint density at radius 3 is 2.22 bits per heavy atom. The number of carbonyl (C=O) groups is 7. The molecule has 3 saturated heterocycles. The molecule has 3 aliphatic heterocycles. The number of hydrogen-bond acceptors (Lipinski definition) is 19. The Balaban J connectivity index is 1.24. The normalized spacial score (nSPS) is 22.5. The number of carboxylic acid groups (broad SMARTS) is 1. The van der Waals surface area contributed by atoms with Crippen molar-refractivity contribution in [3.63, 3.8) is 0 Å². The molecule has 3 aliphatic rings. The molecular weight excluding hydrogens is 1060 g/mol. The number of anilines is 1. The van der Waals surface area contributed by atoms with Gasteiger partial charge in [0.15, 0.2) is 0 Å². The maximum atomic E-state index is 14.2. The minimum Gasteiger partial charge on any atom is -0.481 e. The van der Waals surface area contributed by atoms with E-state index >= 15 is 0 Å². The highest BCUT2D eigenvalue weighted by Crippen LogP contribution is 2.66. The van der Waals surface area contributed by atoms with Crippen molar-refractivity contribution in [2.45, 2.75) is 121 Å². The zero-order valence-electron chi connectivity index (χ0n) is 39.4. The van der Waals surface area contributed by atoms with Crippen LogP contribution in [0, 0.1) is 0 Å². The number of likely N-dealkylation sites (N-methyl/N-ethyl adjacent to an activating group) is 1. The molecule has 5 heterocycles. The van der Waals surface area contributed by atoms with Crippen LogP contribution in [0.1, 0.15) is 89.7 Å². The number of carboxylic acids is 1. The molecule has 0 aliphatic carbocycles. The predicted octanol–water partition coefficient (Wildman–Crippen LogP) is -1.40. The Hall–Kier alpha value is -4.81. The first kappa shape index (κ1) is 59.1. The van der Waals surface area contributed by atoms with E-state index in [1.165, 1.54) is 26.9 Å². The second-order valence-electron chi connectivity index (χ2n) is 17.0. The molecule has 9 atom stereocenters. The lowest BCUT2D eigenvalue weighted by Crippen LogP contribution is -2.58. The van der Waals surface area contributed by atoms with Gasteiger partial charge in [0.25, 0.3) is 5.56 Å². The van der Waals surface area contributed by atoms with Crippen LogP contribution in [0.5, 0.6) is 0 Å². The lowest BCUT2D eigenvalue weighted by molar-refractivity contribution is -0.144. The van der Waals surface area contributed by atoms with Crippen LogP contribution in [0.2, 0.25) is 0 Å². The number of likely N-dealkylation sites (tertiary alicyclic amines) is 2. The number of phosphoric acid groups is 3. The molecule has 2 aromatic rings. The molecule has 0 bridgehead atoms. The number of ether oxygens (including phenoxy) is 1. The Bertz CT molecular complexity index is 2600. The largest absolute Gasteiger partial charge is 0.490 e. The van der Waals surface area contributed by atoms with Gasteiger partial charge in [-0.15, -0.1) is 0 Å². The Morgan fingerprint density at radius 2 is 1.59 bits per heavy atom. The fraction of sp³-hybridized carbons (Fsp3) is 0.658. The number of aliphatic hydroxyl groups excluding tert-OH is 1. The van der Waals surface area contributed by atoms with Crippen molar-refractivity contribution in [2.75, 3.05) is 44.3 Å². The molecule has 35 heteroatoms. The van der Waals surface area contributed by atoms with Crippen molar-refractivity contribution in [3.05, 3.63) is 22.1 Å². The highest BCUT2D eigenvalue weighted by molar-refractivity contribution is 7.98. The third-order valence-electron chi connectivity index (χ3n) is 11.6. The zero-order valence-corrected chi connectivity index (χ0v) is 42.9. The summed E-state index contributed by atoms with van der Waals surface area (Å²) in [6, 6.07) is -4.67. The zero-order chi connectivity index (χ0) is 54.0. The van der Waals surface area contributed by atoms with Gasteiger partial charge >= 0.3 is 29.4 Å². The third-order valence-corrected chi connectivity index (χ3v) is 16.3. The number of nitrogens with two attached hydrogens (primary N) is 1. The van der Waals surface area contributed by atoms with Gasteiger partial charge in [0.05, 0.1) is 25.2 Å². The summed E-state index contributed by atoms with van der Waals surface area (Å²) in [5.74, 6) is -5.01. The molecule has 2 aromatic heterocycles. The Kier molecular flexibility index (Phi) is 20.7. The first-order valence-corrected chi connectivity index (χ1v) is 28.3. The van der Waals surface area contributed by atoms with Gasteiger partial charge in [0.1, 0.15) is 41.3 Å². The lowest BCUT2D eigenvalue weighted by Gasteiger charge is -2.31. The van der Waals surface area contributed by atoms with Crippen molar-refractivity contribution in [3.8, 4) is 0 Å². The number of aliphatic hydroxyl groups is 1. The number of aromatic amines is 1. The lowest BCUT2D eigenvalue weighted by atomic mass is 10.1. The molecular formula is C38H59N10O21P3S. The van der Waals surface area contributed by atoms with E-state index in [0.29, 0.717) is 25.7 Å². The molecule has 0 aromatic carbocycles. The number of unbranched alkanes of at least 4 members (excludes halogenated alkanes) is 1. The third kappa shape index (κ3) is 16.8. The fourth-order valence-corrected chi connectivity index (χ4v) is 12.4. The van der Waals surface area contributed by atoms with E-state index in [-0.39, 0.29) is 92.5 Å². The maximum absolute atomic E-state index is 14.2. The van der Waals surface area contributed by atoms with Crippen LogP contribution in [0.3, 0.4) is 0 Å². The molecule has 5 rings (SSSR count). The quantitative estimate of drug-likeness (QED) is 0.0381. The first-order chi connectivity index (χ1) is 34.2. The van der Waals surface area contributed by atoms with E-state index in [2.05, 4.69) is 44.4 Å². The van der Waals surface area contributed by atoms with Gasteiger partial charge in [-0.2, -0.15) is 8.62 Å². The monoisotopic (exact) mass is 1120 g/mol. The number of carbonyl (C=O) groups excluding carboxylic acids is 6. The van der Waals surface area contributed by atoms with E-state index in [0.717, 1.165) is 11.9 Å². The van der Waals surface area contributed by atoms with Crippen LogP contribution < -0.4 is 32.6 Å². The molecule has 13 N–H and O–H groups in total. The van der Waals surface area contributed by atoms with Crippen molar-refractivity contribution in [1.29, 1.82) is 0 Å². The van der Waals surface area contributed by atoms with Gasteiger partial charge < -0.3 is 71.3 Å². The summed E-state index contributed by atoms with van der Waals surface area (Å²) in [4.78, 5) is 150. The van der Waals surface area contributed by atoms with Gasteiger partial charge in [0.2, 0.25) is 41.4 Å². The van der Waals surface area contributed by atoms with E-state index < -0.39 is 120 Å². The number of rotatable bonds is 26. The minimum absolute atomic E-state index is 0.0175. The highest BCUT2D eigenvalue weighted by Gasteiger charge is 2.44. The van der Waals surface area contributed by atoms with Crippen LogP contribution in [-0.4, -0.2) is 170 Å². The van der Waals surface area contributed by atoms with E-state index in [1.54, 1.807) is 6.92 Å². The number of amides is 6. The smallest absolute Gasteiger partial charge is 0.481 e. The number of nitrogens with zero attached hydrogens (tertiary/aromatic N) is 4. The van der Waals surface area contributed by atoms with E-state index in [1.807, 2.05) is 0 Å². The molecule has 0 saturated carbocycles. The van der Waals surface area contributed by atoms with Crippen LogP contribution >= 0.6 is 35.4 Å². The number of nitrogen functional groups attached to an aromatic ring is 1. The summed E-state index contributed by atoms with van der Waals surface area (Å²) in [7, 11) is -17.0. The average molecular weight is 1120 g/mol. The molecule has 0 spiro atoms. The average Bonchev–Trinajstić information content (AvgIpc) is 4.09. The first-order valence-electron chi connectivity index (χ1n) is 22.8. The molecule has 73 heavy (non-hydrogen) atoms. The second kappa shape index (κ2) is 25.6. The van der Waals surface area contributed by atoms with Crippen LogP contribution in [0.15, 0.2) is 11.0 Å². The number of aliphatic carboxylic acids is 1. The summed E-state index contributed by atoms with van der Waals surface area (Å²) >= 11 is 0.987. The summed E-state index contributed by atoms with van der Waals surface area (Å²) in [5, 5.41) is 30.5. The fourth-order valence-electron chi connectivity index (χ4n) is 8.46.